The summed E-state index contributed by atoms with van der Waals surface area (Å²) in [6, 6.07) is 7.34. The summed E-state index contributed by atoms with van der Waals surface area (Å²) >= 11 is 0. The predicted molar refractivity (Wildman–Crippen MR) is 82.5 cm³/mol. The van der Waals surface area contributed by atoms with Gasteiger partial charge in [-0.3, -0.25) is 10.1 Å². The van der Waals surface area contributed by atoms with E-state index in [0.717, 1.165) is 30.6 Å². The normalized spacial score (nSPS) is 19.1. The Balaban J connectivity index is 1.95. The van der Waals surface area contributed by atoms with Crippen LogP contribution in [-0.2, 0) is 0 Å². The quantitative estimate of drug-likeness (QED) is 0.670. The molecule has 1 aliphatic heterocycles. The van der Waals surface area contributed by atoms with Crippen molar-refractivity contribution >= 4 is 22.3 Å². The molecule has 3 rings (SSSR count). The van der Waals surface area contributed by atoms with Crippen molar-refractivity contribution in [1.29, 1.82) is 0 Å². The van der Waals surface area contributed by atoms with Crippen LogP contribution < -0.4 is 10.6 Å². The zero-order chi connectivity index (χ0) is 14.7. The minimum atomic E-state index is -0.383. The van der Waals surface area contributed by atoms with E-state index in [2.05, 4.69) is 15.6 Å². The van der Waals surface area contributed by atoms with Gasteiger partial charge in [-0.2, -0.15) is 0 Å². The van der Waals surface area contributed by atoms with Crippen molar-refractivity contribution in [3.05, 3.63) is 40.6 Å². The third-order valence-corrected chi connectivity index (χ3v) is 3.85. The van der Waals surface area contributed by atoms with Crippen molar-refractivity contribution in [2.24, 2.45) is 0 Å². The van der Waals surface area contributed by atoms with E-state index in [0.29, 0.717) is 11.6 Å². The van der Waals surface area contributed by atoms with Crippen LogP contribution in [0, 0.1) is 10.1 Å². The van der Waals surface area contributed by atoms with Gasteiger partial charge in [0.2, 0.25) is 0 Å². The average Bonchev–Trinajstić information content (AvgIpc) is 2.76. The average molecular weight is 286 g/mol. The highest BCUT2D eigenvalue weighted by Crippen LogP contribution is 2.30. The molecule has 0 amide bonds. The van der Waals surface area contributed by atoms with Crippen LogP contribution >= 0.6 is 0 Å². The summed E-state index contributed by atoms with van der Waals surface area (Å²) in [6.07, 6.45) is 5.08. The lowest BCUT2D eigenvalue weighted by Gasteiger charge is -2.19. The summed E-state index contributed by atoms with van der Waals surface area (Å²) in [4.78, 5) is 14.9. The molecule has 1 aliphatic rings. The van der Waals surface area contributed by atoms with E-state index in [-0.39, 0.29) is 10.6 Å². The molecule has 2 aromatic rings. The Morgan fingerprint density at radius 3 is 3.10 bits per heavy atom. The molecular formula is C15H18N4O2. The Morgan fingerprint density at radius 1 is 1.33 bits per heavy atom. The maximum Gasteiger partial charge on any atom is 0.295 e. The first-order chi connectivity index (χ1) is 10.3. The number of benzene rings is 1. The highest BCUT2D eigenvalue weighted by molar-refractivity contribution is 5.96. The molecule has 1 atom stereocenters. The first-order valence-electron chi connectivity index (χ1n) is 7.25. The number of nitrogens with one attached hydrogen (secondary N) is 2. The van der Waals surface area contributed by atoms with Gasteiger partial charge in [-0.15, -0.1) is 0 Å². The van der Waals surface area contributed by atoms with Crippen LogP contribution in [0.1, 0.15) is 19.3 Å². The van der Waals surface area contributed by atoms with E-state index in [4.69, 9.17) is 0 Å². The van der Waals surface area contributed by atoms with E-state index in [1.54, 1.807) is 12.3 Å². The molecule has 1 aromatic carbocycles. The van der Waals surface area contributed by atoms with Crippen LogP contribution in [0.25, 0.3) is 10.9 Å². The van der Waals surface area contributed by atoms with E-state index >= 15 is 0 Å². The van der Waals surface area contributed by atoms with Gasteiger partial charge in [0, 0.05) is 35.9 Å². The van der Waals surface area contributed by atoms with Crippen molar-refractivity contribution in [3.63, 3.8) is 0 Å². The van der Waals surface area contributed by atoms with Gasteiger partial charge in [0.1, 0.15) is 5.52 Å². The second-order valence-electron chi connectivity index (χ2n) is 5.33. The summed E-state index contributed by atoms with van der Waals surface area (Å²) in [5, 5.41) is 18.8. The number of hydrogen-bond acceptors (Lipinski definition) is 5. The summed E-state index contributed by atoms with van der Waals surface area (Å²) in [7, 11) is 0. The topological polar surface area (TPSA) is 80.1 Å². The molecule has 2 heterocycles. The van der Waals surface area contributed by atoms with E-state index < -0.39 is 0 Å². The second kappa shape index (κ2) is 6.05. The van der Waals surface area contributed by atoms with Crippen molar-refractivity contribution in [1.82, 2.24) is 10.3 Å². The number of nitrogens with zero attached hydrogens (tertiary/aromatic N) is 2. The van der Waals surface area contributed by atoms with Crippen molar-refractivity contribution in [3.8, 4) is 0 Å². The van der Waals surface area contributed by atoms with Crippen LogP contribution in [0.5, 0.6) is 0 Å². The lowest BCUT2D eigenvalue weighted by Crippen LogP contribution is -2.30. The molecule has 110 valence electrons. The number of non-ortho nitro benzene ring substituents is 1. The standard InChI is InChI=1S/C15H18N4O2/c20-19(21)14-7-6-13(12-5-3-9-17-15(12)14)18-11-4-1-2-8-16-10-11/h3,5-7,9,11,16,18H,1-2,4,8,10H2. The molecule has 6 nitrogen and oxygen atoms in total. The summed E-state index contributed by atoms with van der Waals surface area (Å²) < 4.78 is 0. The van der Waals surface area contributed by atoms with Gasteiger partial charge in [0.25, 0.3) is 5.69 Å². The fourth-order valence-electron chi connectivity index (χ4n) is 2.79. The number of nitro benzene ring substituents is 1. The fraction of sp³-hybridized carbons (Fsp3) is 0.400. The molecule has 2 N–H and O–H groups in total. The Hall–Kier alpha value is -2.21. The highest BCUT2D eigenvalue weighted by atomic mass is 16.6. The SMILES string of the molecule is O=[N+]([O-])c1ccc(NC2CCCCNC2)c2cccnc12. The molecule has 1 saturated heterocycles. The van der Waals surface area contributed by atoms with E-state index in [1.807, 2.05) is 12.1 Å². The largest absolute Gasteiger partial charge is 0.380 e. The Labute approximate surface area is 122 Å². The third-order valence-electron chi connectivity index (χ3n) is 3.85. The molecule has 1 aromatic heterocycles. The minimum absolute atomic E-state index is 0.0511. The molecule has 1 unspecified atom stereocenters. The molecule has 0 saturated carbocycles. The molecule has 6 heteroatoms. The lowest BCUT2D eigenvalue weighted by atomic mass is 10.1. The molecule has 0 aliphatic carbocycles. The van der Waals surface area contributed by atoms with Gasteiger partial charge in [0.15, 0.2) is 0 Å². The van der Waals surface area contributed by atoms with E-state index in [1.165, 1.54) is 18.9 Å². The Morgan fingerprint density at radius 2 is 2.24 bits per heavy atom. The summed E-state index contributed by atoms with van der Waals surface area (Å²) in [6.45, 7) is 1.97. The van der Waals surface area contributed by atoms with Crippen LogP contribution in [0.4, 0.5) is 11.4 Å². The maximum absolute atomic E-state index is 11.1. The molecule has 0 bridgehead atoms. The van der Waals surface area contributed by atoms with Crippen LogP contribution in [-0.4, -0.2) is 29.0 Å². The molecule has 0 spiro atoms. The van der Waals surface area contributed by atoms with Gasteiger partial charge in [-0.25, -0.2) is 4.98 Å². The Kier molecular flexibility index (Phi) is 3.96. The second-order valence-corrected chi connectivity index (χ2v) is 5.33. The first kappa shape index (κ1) is 13.8. The Bertz CT molecular complexity index is 651. The molecule has 21 heavy (non-hydrogen) atoms. The van der Waals surface area contributed by atoms with Crippen molar-refractivity contribution in [2.45, 2.75) is 25.3 Å². The molecule has 1 fully saturated rings. The molecular weight excluding hydrogens is 268 g/mol. The minimum Gasteiger partial charge on any atom is -0.380 e. The number of nitro groups is 1. The van der Waals surface area contributed by atoms with Gasteiger partial charge in [0.05, 0.1) is 4.92 Å². The third kappa shape index (κ3) is 2.95. The summed E-state index contributed by atoms with van der Waals surface area (Å²) in [5.74, 6) is 0. The lowest BCUT2D eigenvalue weighted by molar-refractivity contribution is -0.383. The maximum atomic E-state index is 11.1. The molecule has 0 radical (unpaired) electrons. The fourth-order valence-corrected chi connectivity index (χ4v) is 2.79. The number of hydrogen-bond donors (Lipinski definition) is 2. The van der Waals surface area contributed by atoms with Gasteiger partial charge in [-0.05, 0) is 37.6 Å². The number of fused-ring (bicyclic) bond motifs is 1. The summed E-state index contributed by atoms with van der Waals surface area (Å²) in [5.41, 5.74) is 1.40. The smallest absolute Gasteiger partial charge is 0.295 e. The van der Waals surface area contributed by atoms with Crippen LogP contribution in [0.15, 0.2) is 30.5 Å². The number of pyridine rings is 1. The van der Waals surface area contributed by atoms with E-state index in [9.17, 15) is 10.1 Å². The number of anilines is 1. The number of aromatic nitrogens is 1. The van der Waals surface area contributed by atoms with Crippen molar-refractivity contribution in [2.75, 3.05) is 18.4 Å². The van der Waals surface area contributed by atoms with Crippen LogP contribution in [0.2, 0.25) is 0 Å². The zero-order valence-electron chi connectivity index (χ0n) is 11.7. The van der Waals surface area contributed by atoms with Crippen LogP contribution in [0.3, 0.4) is 0 Å². The van der Waals surface area contributed by atoms with Gasteiger partial charge in [-0.1, -0.05) is 6.42 Å². The number of rotatable bonds is 3. The predicted octanol–water partition coefficient (Wildman–Crippen LogP) is 2.70. The first-order valence-corrected chi connectivity index (χ1v) is 7.25. The van der Waals surface area contributed by atoms with Crippen molar-refractivity contribution < 1.29 is 4.92 Å². The zero-order valence-corrected chi connectivity index (χ0v) is 11.7. The highest BCUT2D eigenvalue weighted by Gasteiger charge is 2.17. The van der Waals surface area contributed by atoms with Gasteiger partial charge >= 0.3 is 0 Å². The van der Waals surface area contributed by atoms with Gasteiger partial charge < -0.3 is 10.6 Å². The monoisotopic (exact) mass is 286 g/mol.